The van der Waals surface area contributed by atoms with Gasteiger partial charge in [-0.3, -0.25) is 15.0 Å². The zero-order valence-electron chi connectivity index (χ0n) is 6.53. The Balaban J connectivity index is 0.000000720. The van der Waals surface area contributed by atoms with Gasteiger partial charge in [0.1, 0.15) is 0 Å². The number of H-pyrrole nitrogens is 2. The highest BCUT2D eigenvalue weighted by Crippen LogP contribution is 2.09. The summed E-state index contributed by atoms with van der Waals surface area (Å²) < 4.78 is 0. The van der Waals surface area contributed by atoms with Gasteiger partial charge in [0.25, 0.3) is 5.56 Å². The zero-order valence-corrected chi connectivity index (χ0v) is 8.17. The molecule has 0 bridgehead atoms. The minimum atomic E-state index is -0.132. The van der Waals surface area contributed by atoms with Gasteiger partial charge in [0.05, 0.1) is 10.9 Å². The van der Waals surface area contributed by atoms with E-state index in [4.69, 9.17) is 5.73 Å². The Bertz CT molecular complexity index is 448. The van der Waals surface area contributed by atoms with Crippen LogP contribution in [-0.2, 0) is 0 Å². The van der Waals surface area contributed by atoms with Gasteiger partial charge in [-0.05, 0) is 18.2 Å². The zero-order chi connectivity index (χ0) is 7.84. The molecule has 0 spiro atoms. The van der Waals surface area contributed by atoms with Crippen LogP contribution in [0.2, 0.25) is 0 Å². The molecule has 1 aromatic carbocycles. The molecule has 0 amide bonds. The monoisotopic (exact) mass is 221 g/mol. The van der Waals surface area contributed by atoms with Gasteiger partial charge in [0, 0.05) is 5.69 Å². The number of aromatic amines is 2. The van der Waals surface area contributed by atoms with Crippen LogP contribution in [0.15, 0.2) is 23.0 Å². The van der Waals surface area contributed by atoms with Crippen molar-refractivity contribution in [3.05, 3.63) is 28.6 Å². The molecular weight excluding hydrogens is 213 g/mol. The topological polar surface area (TPSA) is 74.7 Å². The number of benzene rings is 1. The minimum absolute atomic E-state index is 0. The van der Waals surface area contributed by atoms with Gasteiger partial charge in [0.15, 0.2) is 0 Å². The van der Waals surface area contributed by atoms with Gasteiger partial charge < -0.3 is 5.73 Å². The smallest absolute Gasteiger partial charge is 0.271 e. The number of nitrogens with two attached hydrogens (primary N) is 1. The van der Waals surface area contributed by atoms with Gasteiger partial charge in [0.2, 0.25) is 0 Å². The summed E-state index contributed by atoms with van der Waals surface area (Å²) >= 11 is 0. The van der Waals surface area contributed by atoms with E-state index in [2.05, 4.69) is 10.2 Å². The largest absolute Gasteiger partial charge is 0.399 e. The second-order valence-corrected chi connectivity index (χ2v) is 2.38. The van der Waals surface area contributed by atoms with Crippen molar-refractivity contribution in [2.45, 2.75) is 0 Å². The molecule has 2 aromatic rings. The average molecular weight is 222 g/mol. The molecule has 0 atom stereocenters. The van der Waals surface area contributed by atoms with E-state index in [1.54, 1.807) is 18.2 Å². The molecule has 13 heavy (non-hydrogen) atoms. The van der Waals surface area contributed by atoms with Crippen molar-refractivity contribution in [2.24, 2.45) is 0 Å². The van der Waals surface area contributed by atoms with Crippen molar-refractivity contribution in [3.63, 3.8) is 0 Å². The first-order valence-corrected chi connectivity index (χ1v) is 3.23. The Morgan fingerprint density at radius 3 is 2.54 bits per heavy atom. The molecule has 1 aromatic heterocycles. The lowest BCUT2D eigenvalue weighted by molar-refractivity contribution is 1.08. The number of anilines is 1. The highest BCUT2D eigenvalue weighted by atomic mass is 35.5. The molecule has 1 heterocycles. The fraction of sp³-hybridized carbons (Fsp3) is 0. The maximum atomic E-state index is 11.0. The number of hydrogen-bond donors (Lipinski definition) is 3. The number of fused-ring (bicyclic) bond motifs is 1. The van der Waals surface area contributed by atoms with Crippen molar-refractivity contribution in [3.8, 4) is 0 Å². The molecule has 72 valence electrons. The van der Waals surface area contributed by atoms with Crippen molar-refractivity contribution in [2.75, 3.05) is 5.73 Å². The third-order valence-electron chi connectivity index (χ3n) is 1.60. The summed E-state index contributed by atoms with van der Waals surface area (Å²) in [5.74, 6) is 0. The van der Waals surface area contributed by atoms with Crippen molar-refractivity contribution < 1.29 is 0 Å². The normalized spacial score (nSPS) is 8.92. The van der Waals surface area contributed by atoms with E-state index in [1.807, 2.05) is 0 Å². The molecule has 0 saturated carbocycles. The van der Waals surface area contributed by atoms with Crippen LogP contribution in [0.5, 0.6) is 0 Å². The van der Waals surface area contributed by atoms with E-state index in [0.717, 1.165) is 5.52 Å². The van der Waals surface area contributed by atoms with Gasteiger partial charge in [-0.25, -0.2) is 0 Å². The number of rotatable bonds is 0. The Labute approximate surface area is 86.3 Å². The van der Waals surface area contributed by atoms with Gasteiger partial charge in [-0.2, -0.15) is 0 Å². The molecule has 0 saturated heterocycles. The average Bonchev–Trinajstić information content (AvgIpc) is 2.33. The summed E-state index contributed by atoms with van der Waals surface area (Å²) in [5.41, 5.74) is 6.73. The fourth-order valence-corrected chi connectivity index (χ4v) is 1.05. The first kappa shape index (κ1) is 11.9. The Morgan fingerprint density at radius 2 is 1.85 bits per heavy atom. The van der Waals surface area contributed by atoms with E-state index in [0.29, 0.717) is 11.1 Å². The summed E-state index contributed by atoms with van der Waals surface area (Å²) in [5, 5.41) is 5.79. The molecular formula is C7H9Cl2N3O. The highest BCUT2D eigenvalue weighted by molar-refractivity contribution is 5.85. The summed E-state index contributed by atoms with van der Waals surface area (Å²) in [6.45, 7) is 0. The van der Waals surface area contributed by atoms with Crippen LogP contribution in [0.1, 0.15) is 0 Å². The summed E-state index contributed by atoms with van der Waals surface area (Å²) in [4.78, 5) is 11.0. The van der Waals surface area contributed by atoms with Gasteiger partial charge >= 0.3 is 0 Å². The van der Waals surface area contributed by atoms with Crippen LogP contribution < -0.4 is 11.3 Å². The van der Waals surface area contributed by atoms with Gasteiger partial charge in [-0.15, -0.1) is 24.8 Å². The maximum absolute atomic E-state index is 11.0. The first-order chi connectivity index (χ1) is 5.27. The van der Waals surface area contributed by atoms with Crippen molar-refractivity contribution >= 4 is 41.4 Å². The van der Waals surface area contributed by atoms with Crippen LogP contribution in [-0.4, -0.2) is 10.2 Å². The van der Waals surface area contributed by atoms with Crippen LogP contribution in [0, 0.1) is 0 Å². The third kappa shape index (κ3) is 1.96. The van der Waals surface area contributed by atoms with Crippen LogP contribution in [0.4, 0.5) is 5.69 Å². The first-order valence-electron chi connectivity index (χ1n) is 3.23. The van der Waals surface area contributed by atoms with E-state index in [-0.39, 0.29) is 30.4 Å². The Morgan fingerprint density at radius 1 is 1.15 bits per heavy atom. The van der Waals surface area contributed by atoms with E-state index in [1.165, 1.54) is 0 Å². The number of halogens is 2. The van der Waals surface area contributed by atoms with Gasteiger partial charge in [-0.1, -0.05) is 0 Å². The predicted molar refractivity (Wildman–Crippen MR) is 57.8 cm³/mol. The maximum Gasteiger partial charge on any atom is 0.271 e. The van der Waals surface area contributed by atoms with E-state index in [9.17, 15) is 4.79 Å². The molecule has 0 aliphatic rings. The number of hydrogen-bond acceptors (Lipinski definition) is 2. The number of nitrogens with one attached hydrogen (secondary N) is 2. The molecule has 0 aliphatic heterocycles. The lowest BCUT2D eigenvalue weighted by Gasteiger charge is -1.89. The second-order valence-electron chi connectivity index (χ2n) is 2.38. The predicted octanol–water partition coefficient (Wildman–Crippen LogP) is 1.28. The molecule has 4 N–H and O–H groups in total. The molecule has 0 radical (unpaired) electrons. The standard InChI is InChI=1S/C7H7N3O.2ClH/c8-4-1-2-6-5(3-4)7(11)10-9-6;;/h1-3H,8H2,(H2,9,10,11);2*1H. The lowest BCUT2D eigenvalue weighted by Crippen LogP contribution is -1.97. The van der Waals surface area contributed by atoms with E-state index < -0.39 is 0 Å². The van der Waals surface area contributed by atoms with Crippen LogP contribution in [0.25, 0.3) is 10.9 Å². The molecule has 4 nitrogen and oxygen atoms in total. The number of nitrogen functional groups attached to an aromatic ring is 1. The summed E-state index contributed by atoms with van der Waals surface area (Å²) in [6, 6.07) is 5.15. The SMILES string of the molecule is Cl.Cl.Nc1ccc2[nH][nH]c(=O)c2c1. The third-order valence-corrected chi connectivity index (χ3v) is 1.60. The summed E-state index contributed by atoms with van der Waals surface area (Å²) in [7, 11) is 0. The number of aromatic nitrogens is 2. The molecule has 6 heteroatoms. The molecule has 2 rings (SSSR count). The molecule has 0 fully saturated rings. The summed E-state index contributed by atoms with van der Waals surface area (Å²) in [6.07, 6.45) is 0. The quantitative estimate of drug-likeness (QED) is 0.587. The Hall–Kier alpha value is -1.13. The fourth-order valence-electron chi connectivity index (χ4n) is 1.05. The van der Waals surface area contributed by atoms with Crippen LogP contribution in [0.3, 0.4) is 0 Å². The second kappa shape index (κ2) is 4.20. The molecule has 0 unspecified atom stereocenters. The van der Waals surface area contributed by atoms with Crippen LogP contribution >= 0.6 is 24.8 Å². The molecule has 0 aliphatic carbocycles. The van der Waals surface area contributed by atoms with E-state index >= 15 is 0 Å². The van der Waals surface area contributed by atoms with Crippen molar-refractivity contribution in [1.29, 1.82) is 0 Å². The Kier molecular flexibility index (Phi) is 3.84. The highest BCUT2D eigenvalue weighted by Gasteiger charge is 1.98. The lowest BCUT2D eigenvalue weighted by atomic mass is 10.2. The van der Waals surface area contributed by atoms with Crippen molar-refractivity contribution in [1.82, 2.24) is 10.2 Å². The minimum Gasteiger partial charge on any atom is -0.399 e.